The summed E-state index contributed by atoms with van der Waals surface area (Å²) in [6.45, 7) is 1.95. The van der Waals surface area contributed by atoms with Crippen LogP contribution < -0.4 is 10.2 Å². The SMILES string of the molecule is CN=C1C=CC(C)=NC1C1C(n2nnc3ccccc32)NC(=O)N1c1ccc2nc[nH]c2c1. The van der Waals surface area contributed by atoms with Gasteiger partial charge in [-0.15, -0.1) is 5.10 Å². The van der Waals surface area contributed by atoms with Crippen LogP contribution in [0.15, 0.2) is 70.9 Å². The van der Waals surface area contributed by atoms with Crippen molar-refractivity contribution in [2.45, 2.75) is 25.2 Å². The summed E-state index contributed by atoms with van der Waals surface area (Å²) in [4.78, 5) is 32.0. The number of hydrogen-bond donors (Lipinski definition) is 2. The van der Waals surface area contributed by atoms with E-state index in [2.05, 4.69) is 30.6 Å². The molecule has 4 aromatic rings. The molecule has 2 aromatic heterocycles. The number of urea groups is 1. The molecule has 0 aliphatic carbocycles. The van der Waals surface area contributed by atoms with E-state index < -0.39 is 12.2 Å². The van der Waals surface area contributed by atoms with E-state index in [1.165, 1.54) is 0 Å². The van der Waals surface area contributed by atoms with E-state index in [-0.39, 0.29) is 12.1 Å². The number of H-pyrrole nitrogens is 1. The average Bonchev–Trinajstić information content (AvgIpc) is 3.54. The minimum Gasteiger partial charge on any atom is -0.345 e. The highest BCUT2D eigenvalue weighted by atomic mass is 16.2. The standard InChI is InChI=1S/C23H21N9O/c1-13-7-9-17(24-2)20(27-13)21-22(32-19-6-4-3-5-16(19)29-30-32)28-23(33)31(21)14-8-10-15-18(11-14)26-12-25-15/h3-12,20-22H,1-2H3,(H,25,26)(H,28,33). The molecule has 1 fully saturated rings. The van der Waals surface area contributed by atoms with Crippen LogP contribution in [0.2, 0.25) is 0 Å². The number of amides is 2. The molecule has 0 radical (unpaired) electrons. The lowest BCUT2D eigenvalue weighted by molar-refractivity contribution is 0.248. The molecule has 6 rings (SSSR count). The van der Waals surface area contributed by atoms with Crippen LogP contribution in [-0.4, -0.2) is 61.5 Å². The van der Waals surface area contributed by atoms with Crippen LogP contribution in [0.3, 0.4) is 0 Å². The monoisotopic (exact) mass is 439 g/mol. The third kappa shape index (κ3) is 3.02. The van der Waals surface area contributed by atoms with Gasteiger partial charge in [0.1, 0.15) is 23.8 Å². The largest absolute Gasteiger partial charge is 0.345 e. The first kappa shape index (κ1) is 19.4. The number of aromatic nitrogens is 5. The maximum absolute atomic E-state index is 13.4. The third-order valence-corrected chi connectivity index (χ3v) is 6.16. The van der Waals surface area contributed by atoms with Crippen LogP contribution in [0.5, 0.6) is 0 Å². The van der Waals surface area contributed by atoms with Gasteiger partial charge in [0.15, 0.2) is 0 Å². The number of aliphatic imine (C=N–C) groups is 2. The van der Waals surface area contributed by atoms with Crippen molar-refractivity contribution in [3.05, 3.63) is 60.9 Å². The van der Waals surface area contributed by atoms with Crippen LogP contribution in [0, 0.1) is 0 Å². The van der Waals surface area contributed by atoms with Gasteiger partial charge in [0, 0.05) is 18.4 Å². The number of nitrogens with one attached hydrogen (secondary N) is 2. The number of benzene rings is 2. The van der Waals surface area contributed by atoms with Crippen LogP contribution in [0.1, 0.15) is 13.1 Å². The fourth-order valence-corrected chi connectivity index (χ4v) is 4.62. The summed E-state index contributed by atoms with van der Waals surface area (Å²) in [5.74, 6) is 0. The molecule has 10 nitrogen and oxygen atoms in total. The molecule has 0 bridgehead atoms. The number of rotatable bonds is 3. The molecule has 2 aromatic carbocycles. The molecular formula is C23H21N9O. The first-order valence-electron chi connectivity index (χ1n) is 10.7. The molecule has 2 amide bonds. The van der Waals surface area contributed by atoms with Gasteiger partial charge in [-0.1, -0.05) is 17.3 Å². The number of aromatic amines is 1. The first-order chi connectivity index (χ1) is 16.1. The third-order valence-electron chi connectivity index (χ3n) is 6.16. The summed E-state index contributed by atoms with van der Waals surface area (Å²) in [6, 6.07) is 12.4. The number of imidazole rings is 1. The minimum atomic E-state index is -0.507. The fraction of sp³-hybridized carbons (Fsp3) is 0.217. The molecule has 4 heterocycles. The van der Waals surface area contributed by atoms with Crippen molar-refractivity contribution in [2.75, 3.05) is 11.9 Å². The van der Waals surface area contributed by atoms with Crippen molar-refractivity contribution in [3.63, 3.8) is 0 Å². The lowest BCUT2D eigenvalue weighted by atomic mass is 9.96. The Kier molecular flexibility index (Phi) is 4.32. The molecule has 3 unspecified atom stereocenters. The summed E-state index contributed by atoms with van der Waals surface area (Å²) in [6.07, 6.45) is 5.03. The average molecular weight is 439 g/mol. The van der Waals surface area contributed by atoms with Gasteiger partial charge in [-0.3, -0.25) is 14.9 Å². The molecule has 2 N–H and O–H groups in total. The Morgan fingerprint density at radius 3 is 2.85 bits per heavy atom. The molecule has 10 heteroatoms. The quantitative estimate of drug-likeness (QED) is 0.510. The molecule has 164 valence electrons. The Balaban J connectivity index is 1.53. The fourth-order valence-electron chi connectivity index (χ4n) is 4.62. The highest BCUT2D eigenvalue weighted by molar-refractivity contribution is 6.11. The smallest absolute Gasteiger partial charge is 0.324 e. The van der Waals surface area contributed by atoms with E-state index >= 15 is 0 Å². The van der Waals surface area contributed by atoms with Gasteiger partial charge in [-0.05, 0) is 49.4 Å². The van der Waals surface area contributed by atoms with E-state index in [9.17, 15) is 4.79 Å². The van der Waals surface area contributed by atoms with Crippen molar-refractivity contribution < 1.29 is 4.79 Å². The van der Waals surface area contributed by atoms with Gasteiger partial charge < -0.3 is 10.3 Å². The van der Waals surface area contributed by atoms with Gasteiger partial charge in [-0.2, -0.15) is 0 Å². The number of fused-ring (bicyclic) bond motifs is 2. The summed E-state index contributed by atoms with van der Waals surface area (Å²) in [5.41, 5.74) is 5.68. The maximum Gasteiger partial charge on any atom is 0.324 e. The summed E-state index contributed by atoms with van der Waals surface area (Å²) in [7, 11) is 1.74. The van der Waals surface area contributed by atoms with E-state index in [1.54, 1.807) is 23.0 Å². The van der Waals surface area contributed by atoms with Crippen LogP contribution in [-0.2, 0) is 0 Å². The van der Waals surface area contributed by atoms with E-state index in [0.717, 1.165) is 39.2 Å². The normalized spacial score (nSPS) is 24.1. The Bertz CT molecular complexity index is 1480. The van der Waals surface area contributed by atoms with Gasteiger partial charge in [0.2, 0.25) is 0 Å². The molecular weight excluding hydrogens is 418 g/mol. The molecule has 3 atom stereocenters. The number of hydrogen-bond acceptors (Lipinski definition) is 6. The highest BCUT2D eigenvalue weighted by Crippen LogP contribution is 2.35. The van der Waals surface area contributed by atoms with Crippen molar-refractivity contribution in [2.24, 2.45) is 9.98 Å². The molecule has 33 heavy (non-hydrogen) atoms. The Labute approximate surface area is 188 Å². The Morgan fingerprint density at radius 1 is 1.09 bits per heavy atom. The lowest BCUT2D eigenvalue weighted by Crippen LogP contribution is -2.48. The van der Waals surface area contributed by atoms with Crippen LogP contribution >= 0.6 is 0 Å². The van der Waals surface area contributed by atoms with E-state index in [1.807, 2.05) is 61.5 Å². The van der Waals surface area contributed by atoms with Gasteiger partial charge in [0.25, 0.3) is 0 Å². The predicted molar refractivity (Wildman–Crippen MR) is 127 cm³/mol. The second-order valence-electron chi connectivity index (χ2n) is 8.08. The number of para-hydroxylation sites is 1. The second-order valence-corrected chi connectivity index (χ2v) is 8.08. The number of carbonyl (C=O) groups is 1. The number of nitrogens with zero attached hydrogens (tertiary/aromatic N) is 7. The van der Waals surface area contributed by atoms with Crippen molar-refractivity contribution in [1.29, 1.82) is 0 Å². The predicted octanol–water partition coefficient (Wildman–Crippen LogP) is 2.87. The minimum absolute atomic E-state index is 0.235. The second kappa shape index (κ2) is 7.37. The number of allylic oxidation sites excluding steroid dienone is 1. The number of dihydropyridines is 1. The van der Waals surface area contributed by atoms with Gasteiger partial charge in [0.05, 0.1) is 28.6 Å². The molecule has 2 aliphatic rings. The van der Waals surface area contributed by atoms with E-state index in [4.69, 9.17) is 4.99 Å². The summed E-state index contributed by atoms with van der Waals surface area (Å²) in [5, 5.41) is 11.8. The van der Waals surface area contributed by atoms with Crippen molar-refractivity contribution >= 4 is 45.2 Å². The number of anilines is 1. The molecule has 0 saturated carbocycles. The Morgan fingerprint density at radius 2 is 1.97 bits per heavy atom. The van der Waals surface area contributed by atoms with Crippen LogP contribution in [0.25, 0.3) is 22.1 Å². The zero-order chi connectivity index (χ0) is 22.5. The molecule has 2 aliphatic heterocycles. The number of carbonyl (C=O) groups excluding carboxylic acids is 1. The van der Waals surface area contributed by atoms with Crippen molar-refractivity contribution in [3.8, 4) is 0 Å². The van der Waals surface area contributed by atoms with Crippen LogP contribution in [0.4, 0.5) is 10.5 Å². The van der Waals surface area contributed by atoms with Gasteiger partial charge >= 0.3 is 6.03 Å². The zero-order valence-corrected chi connectivity index (χ0v) is 18.0. The highest BCUT2D eigenvalue weighted by Gasteiger charge is 2.48. The first-order valence-corrected chi connectivity index (χ1v) is 10.7. The maximum atomic E-state index is 13.4. The molecule has 0 spiro atoms. The van der Waals surface area contributed by atoms with E-state index in [0.29, 0.717) is 0 Å². The molecule has 1 saturated heterocycles. The van der Waals surface area contributed by atoms with Crippen molar-refractivity contribution in [1.82, 2.24) is 30.3 Å². The lowest BCUT2D eigenvalue weighted by Gasteiger charge is -2.32. The topological polar surface area (TPSA) is 116 Å². The zero-order valence-electron chi connectivity index (χ0n) is 18.0. The summed E-state index contributed by atoms with van der Waals surface area (Å²) < 4.78 is 1.77. The summed E-state index contributed by atoms with van der Waals surface area (Å²) >= 11 is 0. The Hall–Kier alpha value is -4.34. The van der Waals surface area contributed by atoms with Gasteiger partial charge in [-0.25, -0.2) is 14.5 Å².